The molecule has 15 heavy (non-hydrogen) atoms. The smallest absolute Gasteiger partial charge is 0.428 e. The average Bonchev–Trinajstić information content (AvgIpc) is 2.25. The number of benzene rings is 1. The van der Waals surface area contributed by atoms with Gasteiger partial charge in [0.05, 0.1) is 12.7 Å². The first-order chi connectivity index (χ1) is 7.20. The van der Waals surface area contributed by atoms with E-state index in [2.05, 4.69) is 4.84 Å². The van der Waals surface area contributed by atoms with Gasteiger partial charge in [-0.2, -0.15) is 5.48 Å². The third kappa shape index (κ3) is 4.44. The van der Waals surface area contributed by atoms with Crippen LogP contribution in [0.25, 0.3) is 0 Å². The Labute approximate surface area is 87.3 Å². The Morgan fingerprint density at radius 3 is 2.67 bits per heavy atom. The molecule has 0 aliphatic rings. The molecule has 1 rings (SSSR count). The molecular formula is C10H13NO4. The summed E-state index contributed by atoms with van der Waals surface area (Å²) in [5.74, 6) is 0. The molecule has 0 radical (unpaired) electrons. The maximum Gasteiger partial charge on any atom is 0.428 e. The van der Waals surface area contributed by atoms with E-state index in [4.69, 9.17) is 5.11 Å². The minimum absolute atomic E-state index is 0.127. The van der Waals surface area contributed by atoms with Gasteiger partial charge in [0.15, 0.2) is 0 Å². The van der Waals surface area contributed by atoms with Crippen molar-refractivity contribution in [3.05, 3.63) is 35.9 Å². The highest BCUT2D eigenvalue weighted by atomic mass is 16.7. The number of carboxylic acid groups (broad SMARTS) is 1. The van der Waals surface area contributed by atoms with E-state index < -0.39 is 12.2 Å². The van der Waals surface area contributed by atoms with Crippen molar-refractivity contribution in [3.8, 4) is 0 Å². The van der Waals surface area contributed by atoms with Crippen molar-refractivity contribution in [2.24, 2.45) is 0 Å². The maximum absolute atomic E-state index is 10.0. The summed E-state index contributed by atoms with van der Waals surface area (Å²) in [4.78, 5) is 14.6. The highest BCUT2D eigenvalue weighted by molar-refractivity contribution is 5.62. The molecule has 0 saturated carbocycles. The van der Waals surface area contributed by atoms with Crippen molar-refractivity contribution in [1.82, 2.24) is 5.48 Å². The topological polar surface area (TPSA) is 78.8 Å². The fourth-order valence-electron chi connectivity index (χ4n) is 1.13. The van der Waals surface area contributed by atoms with E-state index in [1.807, 2.05) is 18.2 Å². The number of carbonyl (C=O) groups is 1. The first-order valence-corrected chi connectivity index (χ1v) is 4.54. The number of hydroxylamine groups is 1. The molecule has 0 aliphatic carbocycles. The van der Waals surface area contributed by atoms with Crippen molar-refractivity contribution in [3.63, 3.8) is 0 Å². The van der Waals surface area contributed by atoms with Gasteiger partial charge in [0.1, 0.15) is 0 Å². The Balaban J connectivity index is 2.25. The zero-order valence-corrected chi connectivity index (χ0v) is 8.09. The summed E-state index contributed by atoms with van der Waals surface area (Å²) >= 11 is 0. The SMILES string of the molecule is O=C(O)NOCC[C@@H](O)c1ccccc1. The van der Waals surface area contributed by atoms with Crippen LogP contribution in [0, 0.1) is 0 Å². The van der Waals surface area contributed by atoms with E-state index in [-0.39, 0.29) is 6.61 Å². The number of aliphatic hydroxyl groups is 1. The largest absolute Gasteiger partial charge is 0.464 e. The van der Waals surface area contributed by atoms with Gasteiger partial charge in [0, 0.05) is 6.42 Å². The zero-order valence-electron chi connectivity index (χ0n) is 8.09. The lowest BCUT2D eigenvalue weighted by atomic mass is 10.1. The molecule has 1 aromatic carbocycles. The van der Waals surface area contributed by atoms with E-state index >= 15 is 0 Å². The minimum atomic E-state index is -1.25. The molecule has 0 saturated heterocycles. The molecule has 5 heteroatoms. The van der Waals surface area contributed by atoms with Crippen LogP contribution in [0.4, 0.5) is 4.79 Å². The molecule has 0 unspecified atom stereocenters. The molecule has 1 atom stereocenters. The van der Waals surface area contributed by atoms with Crippen LogP contribution in [0.1, 0.15) is 18.1 Å². The van der Waals surface area contributed by atoms with Gasteiger partial charge >= 0.3 is 6.09 Å². The van der Waals surface area contributed by atoms with E-state index in [1.54, 1.807) is 17.6 Å². The van der Waals surface area contributed by atoms with Crippen molar-refractivity contribution in [1.29, 1.82) is 0 Å². The summed E-state index contributed by atoms with van der Waals surface area (Å²) in [5.41, 5.74) is 2.55. The van der Waals surface area contributed by atoms with Crippen molar-refractivity contribution >= 4 is 6.09 Å². The number of hydrogen-bond acceptors (Lipinski definition) is 3. The monoisotopic (exact) mass is 211 g/mol. The summed E-state index contributed by atoms with van der Waals surface area (Å²) in [7, 11) is 0. The minimum Gasteiger partial charge on any atom is -0.464 e. The second-order valence-corrected chi connectivity index (χ2v) is 2.97. The van der Waals surface area contributed by atoms with Crippen molar-refractivity contribution in [2.45, 2.75) is 12.5 Å². The van der Waals surface area contributed by atoms with E-state index in [9.17, 15) is 9.90 Å². The second-order valence-electron chi connectivity index (χ2n) is 2.97. The molecule has 0 bridgehead atoms. The summed E-state index contributed by atoms with van der Waals surface area (Å²) in [6, 6.07) is 9.12. The van der Waals surface area contributed by atoms with Gasteiger partial charge < -0.3 is 10.2 Å². The number of hydrogen-bond donors (Lipinski definition) is 3. The zero-order chi connectivity index (χ0) is 11.1. The van der Waals surface area contributed by atoms with Crippen LogP contribution in [0.3, 0.4) is 0 Å². The molecule has 82 valence electrons. The number of aliphatic hydroxyl groups excluding tert-OH is 1. The quantitative estimate of drug-likeness (QED) is 0.506. The van der Waals surface area contributed by atoms with E-state index in [1.165, 1.54) is 0 Å². The maximum atomic E-state index is 10.0. The fraction of sp³-hybridized carbons (Fsp3) is 0.300. The standard InChI is InChI=1S/C10H13NO4/c12-9(6-7-15-11-10(13)14)8-4-2-1-3-5-8/h1-5,9,11-12H,6-7H2,(H,13,14)/t9-/m1/s1. The third-order valence-electron chi connectivity index (χ3n) is 1.84. The predicted molar refractivity (Wildman–Crippen MR) is 53.1 cm³/mol. The molecule has 0 spiro atoms. The van der Waals surface area contributed by atoms with Crippen LogP contribution in [0.5, 0.6) is 0 Å². The van der Waals surface area contributed by atoms with Gasteiger partial charge in [-0.1, -0.05) is 30.3 Å². The Morgan fingerprint density at radius 1 is 1.40 bits per heavy atom. The molecule has 1 aromatic rings. The molecule has 0 aromatic heterocycles. The lowest BCUT2D eigenvalue weighted by Gasteiger charge is -2.10. The number of nitrogens with one attached hydrogen (secondary N) is 1. The predicted octanol–water partition coefficient (Wildman–Crippen LogP) is 1.31. The molecule has 1 amide bonds. The molecule has 5 nitrogen and oxygen atoms in total. The van der Waals surface area contributed by atoms with Gasteiger partial charge in [0.2, 0.25) is 0 Å². The van der Waals surface area contributed by atoms with E-state index in [0.717, 1.165) is 5.56 Å². The van der Waals surface area contributed by atoms with Crippen molar-refractivity contribution < 1.29 is 19.8 Å². The second kappa shape index (κ2) is 6.00. The van der Waals surface area contributed by atoms with Gasteiger partial charge in [-0.05, 0) is 5.56 Å². The first kappa shape index (κ1) is 11.5. The van der Waals surface area contributed by atoms with Crippen LogP contribution in [-0.4, -0.2) is 22.9 Å². The van der Waals surface area contributed by atoms with Crippen LogP contribution in [0.15, 0.2) is 30.3 Å². The Kier molecular flexibility index (Phi) is 4.59. The Morgan fingerprint density at radius 2 is 2.07 bits per heavy atom. The Hall–Kier alpha value is -1.59. The van der Waals surface area contributed by atoms with Crippen molar-refractivity contribution in [2.75, 3.05) is 6.61 Å². The summed E-state index contributed by atoms with van der Waals surface area (Å²) in [5, 5.41) is 17.8. The summed E-state index contributed by atoms with van der Waals surface area (Å²) < 4.78 is 0. The van der Waals surface area contributed by atoms with Gasteiger partial charge in [0.25, 0.3) is 0 Å². The van der Waals surface area contributed by atoms with Gasteiger partial charge in [-0.3, -0.25) is 4.84 Å². The Bertz CT molecular complexity index is 302. The first-order valence-electron chi connectivity index (χ1n) is 4.54. The number of rotatable bonds is 5. The van der Waals surface area contributed by atoms with Crippen LogP contribution >= 0.6 is 0 Å². The third-order valence-corrected chi connectivity index (χ3v) is 1.84. The van der Waals surface area contributed by atoms with Crippen LogP contribution in [-0.2, 0) is 4.84 Å². The molecule has 0 heterocycles. The van der Waals surface area contributed by atoms with Gasteiger partial charge in [-0.15, -0.1) is 0 Å². The molecule has 0 fully saturated rings. The molecular weight excluding hydrogens is 198 g/mol. The van der Waals surface area contributed by atoms with E-state index in [0.29, 0.717) is 6.42 Å². The highest BCUT2D eigenvalue weighted by Crippen LogP contribution is 2.15. The fourth-order valence-corrected chi connectivity index (χ4v) is 1.13. The summed E-state index contributed by atoms with van der Waals surface area (Å²) in [6.45, 7) is 0.127. The number of amides is 1. The summed E-state index contributed by atoms with van der Waals surface area (Å²) in [6.07, 6.45) is -1.55. The van der Waals surface area contributed by atoms with Gasteiger partial charge in [-0.25, -0.2) is 4.79 Å². The normalized spacial score (nSPS) is 12.1. The molecule has 0 aliphatic heterocycles. The highest BCUT2D eigenvalue weighted by Gasteiger charge is 2.06. The lowest BCUT2D eigenvalue weighted by molar-refractivity contribution is 0.0213. The lowest BCUT2D eigenvalue weighted by Crippen LogP contribution is -2.22. The molecule has 3 N–H and O–H groups in total. The van der Waals surface area contributed by atoms with Crippen LogP contribution < -0.4 is 5.48 Å². The van der Waals surface area contributed by atoms with Crippen LogP contribution in [0.2, 0.25) is 0 Å². The average molecular weight is 211 g/mol.